The molecule has 0 aromatic heterocycles. The molecule has 1 heterocycles. The maximum Gasteiger partial charge on any atom is 0.231 e. The average molecular weight is 179 g/mol. The predicted octanol–water partition coefficient (Wildman–Crippen LogP) is 0.590. The lowest BCUT2D eigenvalue weighted by molar-refractivity contribution is -0.140. The van der Waals surface area contributed by atoms with E-state index in [0.717, 1.165) is 6.42 Å². The number of carbonyl (C=O) groups excluding carboxylic acids is 2. The van der Waals surface area contributed by atoms with Crippen LogP contribution >= 0.6 is 0 Å². The maximum absolute atomic E-state index is 11.4. The summed E-state index contributed by atoms with van der Waals surface area (Å²) >= 11 is 0. The molecule has 13 heavy (non-hydrogen) atoms. The van der Waals surface area contributed by atoms with Gasteiger partial charge in [0.1, 0.15) is 5.78 Å². The minimum atomic E-state index is -0.138. The lowest BCUT2D eigenvalue weighted by atomic mass is 10.1. The molecule has 1 rings (SSSR count). The van der Waals surface area contributed by atoms with Gasteiger partial charge in [-0.2, -0.15) is 0 Å². The van der Waals surface area contributed by atoms with E-state index in [4.69, 9.17) is 6.42 Å². The van der Waals surface area contributed by atoms with Crippen LogP contribution in [0.15, 0.2) is 0 Å². The van der Waals surface area contributed by atoms with Crippen molar-refractivity contribution in [2.24, 2.45) is 0 Å². The van der Waals surface area contributed by atoms with E-state index in [1.807, 2.05) is 6.92 Å². The number of Topliss-reactive ketones (excluding diaryl/α,β-unsaturated/α-hetero) is 1. The first-order valence-electron chi connectivity index (χ1n) is 4.46. The standard InChI is InChI=1S/C10H13NO2/c1-3-8(4-2)11-6-5-9(12)7-10(11)13/h1,8H,4-7H2,2H3. The molecule has 3 heteroatoms. The zero-order valence-corrected chi connectivity index (χ0v) is 7.75. The minimum absolute atomic E-state index is 0.0214. The monoisotopic (exact) mass is 179 g/mol. The molecule has 0 bridgehead atoms. The number of carbonyl (C=O) groups is 2. The van der Waals surface area contributed by atoms with Gasteiger partial charge in [-0.15, -0.1) is 6.42 Å². The highest BCUT2D eigenvalue weighted by Gasteiger charge is 2.27. The van der Waals surface area contributed by atoms with E-state index >= 15 is 0 Å². The SMILES string of the molecule is C#CC(CC)N1CCC(=O)CC1=O. The van der Waals surface area contributed by atoms with Gasteiger partial charge >= 0.3 is 0 Å². The van der Waals surface area contributed by atoms with Crippen molar-refractivity contribution in [1.82, 2.24) is 4.90 Å². The summed E-state index contributed by atoms with van der Waals surface area (Å²) in [6, 6.07) is -0.138. The number of nitrogens with zero attached hydrogens (tertiary/aromatic N) is 1. The summed E-state index contributed by atoms with van der Waals surface area (Å²) in [5.74, 6) is 2.46. The van der Waals surface area contributed by atoms with Crippen molar-refractivity contribution in [2.45, 2.75) is 32.2 Å². The van der Waals surface area contributed by atoms with Gasteiger partial charge < -0.3 is 4.90 Å². The summed E-state index contributed by atoms with van der Waals surface area (Å²) in [6.45, 7) is 2.43. The third kappa shape index (κ3) is 2.09. The number of amides is 1. The lowest BCUT2D eigenvalue weighted by Crippen LogP contribution is -2.44. The van der Waals surface area contributed by atoms with E-state index in [1.165, 1.54) is 0 Å². The van der Waals surface area contributed by atoms with Gasteiger partial charge in [0.15, 0.2) is 0 Å². The molecule has 70 valence electrons. The Labute approximate surface area is 78.1 Å². The Morgan fingerprint density at radius 1 is 1.62 bits per heavy atom. The Morgan fingerprint density at radius 2 is 2.31 bits per heavy atom. The van der Waals surface area contributed by atoms with Gasteiger partial charge in [0.25, 0.3) is 0 Å². The molecular formula is C10H13NO2. The molecule has 0 spiro atoms. The van der Waals surface area contributed by atoms with Crippen molar-refractivity contribution in [1.29, 1.82) is 0 Å². The molecule has 0 saturated carbocycles. The van der Waals surface area contributed by atoms with Crippen LogP contribution in [0, 0.1) is 12.3 Å². The molecule has 1 saturated heterocycles. The zero-order valence-electron chi connectivity index (χ0n) is 7.75. The number of rotatable bonds is 2. The molecule has 0 aromatic rings. The quantitative estimate of drug-likeness (QED) is 0.459. The first-order valence-corrected chi connectivity index (χ1v) is 4.46. The van der Waals surface area contributed by atoms with Crippen LogP contribution in [-0.4, -0.2) is 29.2 Å². The third-order valence-electron chi connectivity index (χ3n) is 2.26. The number of hydrogen-bond acceptors (Lipinski definition) is 2. The van der Waals surface area contributed by atoms with Crippen molar-refractivity contribution >= 4 is 11.7 Å². The van der Waals surface area contributed by atoms with Gasteiger partial charge in [0.05, 0.1) is 12.5 Å². The van der Waals surface area contributed by atoms with E-state index in [-0.39, 0.29) is 24.2 Å². The molecule has 0 radical (unpaired) electrons. The largest absolute Gasteiger partial charge is 0.328 e. The number of hydrogen-bond donors (Lipinski definition) is 0. The fourth-order valence-corrected chi connectivity index (χ4v) is 1.49. The van der Waals surface area contributed by atoms with E-state index in [9.17, 15) is 9.59 Å². The van der Waals surface area contributed by atoms with Crippen molar-refractivity contribution in [3.05, 3.63) is 0 Å². The Kier molecular flexibility index (Phi) is 3.07. The molecule has 0 N–H and O–H groups in total. The van der Waals surface area contributed by atoms with Crippen LogP contribution in [-0.2, 0) is 9.59 Å². The van der Waals surface area contributed by atoms with Gasteiger partial charge in [0, 0.05) is 13.0 Å². The zero-order chi connectivity index (χ0) is 9.84. The fraction of sp³-hybridized carbons (Fsp3) is 0.600. The van der Waals surface area contributed by atoms with Gasteiger partial charge in [-0.25, -0.2) is 0 Å². The molecule has 1 unspecified atom stereocenters. The summed E-state index contributed by atoms with van der Waals surface area (Å²) in [4.78, 5) is 23.9. The molecular weight excluding hydrogens is 166 g/mol. The van der Waals surface area contributed by atoms with Gasteiger partial charge in [-0.05, 0) is 6.42 Å². The number of ketones is 1. The molecule has 0 aliphatic carbocycles. The predicted molar refractivity (Wildman–Crippen MR) is 48.9 cm³/mol. The normalized spacial score (nSPS) is 19.8. The summed E-state index contributed by atoms with van der Waals surface area (Å²) in [5, 5.41) is 0. The number of piperidine rings is 1. The van der Waals surface area contributed by atoms with Crippen molar-refractivity contribution < 1.29 is 9.59 Å². The minimum Gasteiger partial charge on any atom is -0.328 e. The smallest absolute Gasteiger partial charge is 0.231 e. The van der Waals surface area contributed by atoms with Crippen LogP contribution in [0.3, 0.4) is 0 Å². The summed E-state index contributed by atoms with van der Waals surface area (Å²) in [7, 11) is 0. The van der Waals surface area contributed by atoms with Gasteiger partial charge in [-0.1, -0.05) is 12.8 Å². The molecule has 1 aliphatic heterocycles. The van der Waals surface area contributed by atoms with E-state index in [1.54, 1.807) is 4.90 Å². The first-order chi connectivity index (χ1) is 6.19. The fourth-order valence-electron chi connectivity index (χ4n) is 1.49. The number of likely N-dealkylation sites (tertiary alicyclic amines) is 1. The summed E-state index contributed by atoms with van der Waals surface area (Å²) in [6.07, 6.45) is 6.50. The van der Waals surface area contributed by atoms with Crippen LogP contribution in [0.4, 0.5) is 0 Å². The average Bonchev–Trinajstić information content (AvgIpc) is 2.10. The molecule has 1 aliphatic rings. The Morgan fingerprint density at radius 3 is 2.77 bits per heavy atom. The molecule has 3 nitrogen and oxygen atoms in total. The summed E-state index contributed by atoms with van der Waals surface area (Å²) < 4.78 is 0. The lowest BCUT2D eigenvalue weighted by Gasteiger charge is -2.30. The Bertz CT molecular complexity index is 265. The van der Waals surface area contributed by atoms with E-state index in [2.05, 4.69) is 5.92 Å². The van der Waals surface area contributed by atoms with E-state index in [0.29, 0.717) is 13.0 Å². The third-order valence-corrected chi connectivity index (χ3v) is 2.26. The highest BCUT2D eigenvalue weighted by Crippen LogP contribution is 2.12. The Hall–Kier alpha value is -1.30. The highest BCUT2D eigenvalue weighted by molar-refractivity contribution is 6.00. The maximum atomic E-state index is 11.4. The highest BCUT2D eigenvalue weighted by atomic mass is 16.2. The number of terminal acetylenes is 1. The van der Waals surface area contributed by atoms with Crippen LogP contribution in [0.5, 0.6) is 0 Å². The second kappa shape index (κ2) is 4.08. The van der Waals surface area contributed by atoms with Crippen molar-refractivity contribution in [2.75, 3.05) is 6.54 Å². The molecule has 1 atom stereocenters. The van der Waals surface area contributed by atoms with Crippen LogP contribution < -0.4 is 0 Å². The van der Waals surface area contributed by atoms with Gasteiger partial charge in [0.2, 0.25) is 5.91 Å². The second-order valence-corrected chi connectivity index (χ2v) is 3.14. The van der Waals surface area contributed by atoms with Crippen LogP contribution in [0.2, 0.25) is 0 Å². The topological polar surface area (TPSA) is 37.4 Å². The van der Waals surface area contributed by atoms with Crippen molar-refractivity contribution in [3.8, 4) is 12.3 Å². The summed E-state index contributed by atoms with van der Waals surface area (Å²) in [5.41, 5.74) is 0. The second-order valence-electron chi connectivity index (χ2n) is 3.14. The van der Waals surface area contributed by atoms with Crippen molar-refractivity contribution in [3.63, 3.8) is 0 Å². The van der Waals surface area contributed by atoms with Crippen LogP contribution in [0.1, 0.15) is 26.2 Å². The molecule has 1 amide bonds. The van der Waals surface area contributed by atoms with Crippen LogP contribution in [0.25, 0.3) is 0 Å². The molecule has 0 aromatic carbocycles. The Balaban J connectivity index is 2.66. The van der Waals surface area contributed by atoms with Gasteiger partial charge in [-0.3, -0.25) is 9.59 Å². The first kappa shape index (κ1) is 9.79. The van der Waals surface area contributed by atoms with E-state index < -0.39 is 0 Å². The molecule has 1 fully saturated rings.